The minimum atomic E-state index is -5.58. The van der Waals surface area contributed by atoms with E-state index in [1.54, 1.807) is 6.92 Å². The Morgan fingerprint density at radius 1 is 0.397 bits per heavy atom. The fourth-order valence-corrected chi connectivity index (χ4v) is 18.1. The van der Waals surface area contributed by atoms with E-state index in [4.69, 9.17) is 21.0 Å². The molecular formula is C38H70N8O8S4. The molecular weight excluding hydrogens is 825 g/mol. The maximum atomic E-state index is 14.8. The molecule has 20 heteroatoms. The molecule has 0 aliphatic heterocycles. The van der Waals surface area contributed by atoms with Crippen LogP contribution in [-0.4, -0.2) is 68.5 Å². The third-order valence-corrected chi connectivity index (χ3v) is 20.9. The van der Waals surface area contributed by atoms with Crippen LogP contribution >= 0.6 is 0 Å². The second-order valence-electron chi connectivity index (χ2n) is 14.6. The Kier molecular flexibility index (Phi) is 31.0. The lowest BCUT2D eigenvalue weighted by atomic mass is 10.1. The normalized spacial score (nSPS) is 13.0. The van der Waals surface area contributed by atoms with Crippen molar-refractivity contribution in [2.24, 2.45) is 0 Å². The second kappa shape index (κ2) is 32.4. The van der Waals surface area contributed by atoms with Crippen molar-refractivity contribution < 1.29 is 33.7 Å². The third-order valence-electron chi connectivity index (χ3n) is 9.75. The predicted molar refractivity (Wildman–Crippen MR) is 227 cm³/mol. The van der Waals surface area contributed by atoms with E-state index in [1.165, 1.54) is 0 Å². The highest BCUT2D eigenvalue weighted by Gasteiger charge is 2.72. The van der Waals surface area contributed by atoms with Gasteiger partial charge in [-0.1, -0.05) is 96.8 Å². The summed E-state index contributed by atoms with van der Waals surface area (Å²) in [7, 11) is -21.7. The van der Waals surface area contributed by atoms with Crippen molar-refractivity contribution in [3.8, 4) is 24.3 Å². The van der Waals surface area contributed by atoms with E-state index in [1.807, 2.05) is 0 Å². The molecule has 1 unspecified atom stereocenters. The summed E-state index contributed by atoms with van der Waals surface area (Å²) in [6.45, 7) is 0.466. The number of sulfonamides is 4. The van der Waals surface area contributed by atoms with Crippen molar-refractivity contribution in [3.05, 3.63) is 0 Å². The van der Waals surface area contributed by atoms with Gasteiger partial charge >= 0.3 is 3.41 Å². The fraction of sp³-hybridized carbons (Fsp3) is 0.895. The smallest absolute Gasteiger partial charge is 0.215 e. The van der Waals surface area contributed by atoms with Gasteiger partial charge in [0.1, 0.15) is 5.25 Å². The van der Waals surface area contributed by atoms with Gasteiger partial charge in [-0.25, -0.2) is 52.6 Å². The third kappa shape index (κ3) is 20.7. The molecule has 0 radical (unpaired) electrons. The highest BCUT2D eigenvalue weighted by molar-refractivity contribution is 8.25. The van der Waals surface area contributed by atoms with E-state index in [0.29, 0.717) is 135 Å². The van der Waals surface area contributed by atoms with E-state index < -0.39 is 55.2 Å². The topological polar surface area (TPSA) is 280 Å². The van der Waals surface area contributed by atoms with Gasteiger partial charge in [-0.3, -0.25) is 0 Å². The Labute approximate surface area is 351 Å². The lowest BCUT2D eigenvalue weighted by Gasteiger charge is -2.38. The first-order valence-electron chi connectivity index (χ1n) is 21.1. The second-order valence-corrected chi connectivity index (χ2v) is 23.1. The van der Waals surface area contributed by atoms with Crippen molar-refractivity contribution in [2.45, 2.75) is 189 Å². The summed E-state index contributed by atoms with van der Waals surface area (Å²) in [6.07, 6.45) is 12.4. The summed E-state index contributed by atoms with van der Waals surface area (Å²) in [5, 5.41) is 32.7. The SMILES string of the molecule is CCCCC(C(S(=O)(=O)NCCCCCCCC#N)(S(=O)(=O)NCCCCCCCC#N)S(=O)(=O)NCCCCCCCC#N)S(=O)(=O)NCCCCCCCC#N. The number of nitriles is 4. The first-order valence-corrected chi connectivity index (χ1v) is 27.1. The number of nitrogens with zero attached hydrogens (tertiary/aromatic N) is 4. The first kappa shape index (κ1) is 55.6. The zero-order chi connectivity index (χ0) is 43.7. The number of rotatable bonds is 40. The van der Waals surface area contributed by atoms with E-state index in [2.05, 4.69) is 43.2 Å². The zero-order valence-corrected chi connectivity index (χ0v) is 38.0. The molecule has 1 atom stereocenters. The molecule has 0 fully saturated rings. The van der Waals surface area contributed by atoms with Gasteiger partial charge in [0.25, 0.3) is 30.1 Å². The number of unbranched alkanes of at least 4 members (excludes halogenated alkanes) is 21. The van der Waals surface area contributed by atoms with Crippen LogP contribution in [0.25, 0.3) is 0 Å². The van der Waals surface area contributed by atoms with Crippen LogP contribution < -0.4 is 18.9 Å². The molecule has 0 heterocycles. The highest BCUT2D eigenvalue weighted by Crippen LogP contribution is 2.39. The summed E-state index contributed by atoms with van der Waals surface area (Å²) in [6, 6.07) is 8.25. The van der Waals surface area contributed by atoms with E-state index >= 15 is 0 Å². The summed E-state index contributed by atoms with van der Waals surface area (Å²) in [5.74, 6) is 0. The summed E-state index contributed by atoms with van der Waals surface area (Å²) in [5.41, 5.74) is 0. The number of hydrogen-bond donors (Lipinski definition) is 4. The number of nitrogens with one attached hydrogen (secondary N) is 4. The highest BCUT2D eigenvalue weighted by atomic mass is 32.3. The largest absolute Gasteiger partial charge is 0.330 e. The Morgan fingerprint density at radius 2 is 0.655 bits per heavy atom. The molecule has 0 amide bonds. The van der Waals surface area contributed by atoms with Crippen LogP contribution in [0.4, 0.5) is 0 Å². The average molecular weight is 895 g/mol. The summed E-state index contributed by atoms with van der Waals surface area (Å²) >= 11 is 0. The maximum Gasteiger partial charge on any atom is 0.330 e. The van der Waals surface area contributed by atoms with Crippen molar-refractivity contribution in [1.29, 1.82) is 21.0 Å². The van der Waals surface area contributed by atoms with Crippen molar-refractivity contribution in [3.63, 3.8) is 0 Å². The molecule has 4 N–H and O–H groups in total. The lowest BCUT2D eigenvalue weighted by molar-refractivity contribution is 0.492. The Balaban J connectivity index is 7.09. The molecule has 0 spiro atoms. The van der Waals surface area contributed by atoms with Crippen LogP contribution in [0.15, 0.2) is 0 Å². The van der Waals surface area contributed by atoms with Gasteiger partial charge in [-0.2, -0.15) is 21.0 Å². The van der Waals surface area contributed by atoms with Gasteiger partial charge in [0, 0.05) is 51.9 Å². The molecule has 16 nitrogen and oxygen atoms in total. The summed E-state index contributed by atoms with van der Waals surface area (Å²) in [4.78, 5) is 0. The minimum Gasteiger partial charge on any atom is -0.215 e. The van der Waals surface area contributed by atoms with Crippen LogP contribution in [0.1, 0.15) is 180 Å². The Bertz CT molecular complexity index is 1590. The van der Waals surface area contributed by atoms with Crippen LogP contribution in [0.2, 0.25) is 0 Å². The van der Waals surface area contributed by atoms with Crippen molar-refractivity contribution in [1.82, 2.24) is 18.9 Å². The summed E-state index contributed by atoms with van der Waals surface area (Å²) < 4.78 is 123. The monoisotopic (exact) mass is 894 g/mol. The lowest BCUT2D eigenvalue weighted by Crippen LogP contribution is -2.71. The van der Waals surface area contributed by atoms with Crippen LogP contribution in [0.5, 0.6) is 0 Å². The molecule has 0 aliphatic carbocycles. The van der Waals surface area contributed by atoms with E-state index in [0.717, 1.165) is 6.42 Å². The molecule has 0 saturated heterocycles. The molecule has 0 aromatic heterocycles. The standard InChI is InChI=1S/C38H70N8O8S4/c1-2-3-28-37(55(47,48)43-33-24-16-8-4-12-20-29-39)38(56(49,50)44-34-25-17-9-5-13-21-30-40,57(51,52)45-35-26-18-10-6-14-22-31-41)58(53,54)46-36-27-19-11-7-15-23-32-42/h37,43-46H,2-28,33-36H2,1H3. The van der Waals surface area contributed by atoms with Gasteiger partial charge in [0.05, 0.1) is 24.3 Å². The average Bonchev–Trinajstić information content (AvgIpc) is 3.17. The van der Waals surface area contributed by atoms with E-state index in [9.17, 15) is 33.7 Å². The molecule has 0 aliphatic rings. The fourth-order valence-electron chi connectivity index (χ4n) is 6.54. The van der Waals surface area contributed by atoms with E-state index in [-0.39, 0.29) is 51.9 Å². The van der Waals surface area contributed by atoms with Gasteiger partial charge in [-0.05, 0) is 57.8 Å². The molecule has 0 rings (SSSR count). The Hall–Kier alpha value is -2.40. The van der Waals surface area contributed by atoms with Crippen LogP contribution in [0.3, 0.4) is 0 Å². The van der Waals surface area contributed by atoms with Crippen LogP contribution in [0, 0.1) is 45.3 Å². The maximum absolute atomic E-state index is 14.8. The van der Waals surface area contributed by atoms with Crippen LogP contribution in [-0.2, 0) is 40.1 Å². The number of hydrogen-bond acceptors (Lipinski definition) is 12. The van der Waals surface area contributed by atoms with Gasteiger partial charge in [0.2, 0.25) is 10.0 Å². The molecule has 58 heavy (non-hydrogen) atoms. The molecule has 0 aromatic rings. The Morgan fingerprint density at radius 3 is 0.931 bits per heavy atom. The predicted octanol–water partition coefficient (Wildman–Crippen LogP) is 6.33. The van der Waals surface area contributed by atoms with Crippen molar-refractivity contribution in [2.75, 3.05) is 26.2 Å². The molecule has 334 valence electrons. The van der Waals surface area contributed by atoms with Gasteiger partial charge in [0.15, 0.2) is 0 Å². The first-order chi connectivity index (χ1) is 27.7. The molecule has 0 aromatic carbocycles. The molecule has 0 bridgehead atoms. The van der Waals surface area contributed by atoms with Gasteiger partial charge < -0.3 is 0 Å². The molecule has 0 saturated carbocycles. The minimum absolute atomic E-state index is 0.000864. The zero-order valence-electron chi connectivity index (χ0n) is 34.7. The quantitative estimate of drug-likeness (QED) is 0.0491. The van der Waals surface area contributed by atoms with Gasteiger partial charge in [-0.15, -0.1) is 0 Å². The van der Waals surface area contributed by atoms with Crippen molar-refractivity contribution >= 4 is 40.1 Å².